The van der Waals surface area contributed by atoms with E-state index in [4.69, 9.17) is 4.74 Å². The molecule has 0 unspecified atom stereocenters. The number of aromatic nitrogens is 3. The Hall–Kier alpha value is -2.12. The van der Waals surface area contributed by atoms with Gasteiger partial charge in [-0.15, -0.1) is 10.2 Å². The zero-order valence-corrected chi connectivity index (χ0v) is 18.6. The molecule has 0 N–H and O–H groups in total. The Bertz CT molecular complexity index is 938. The quantitative estimate of drug-likeness (QED) is 0.327. The predicted molar refractivity (Wildman–Crippen MR) is 118 cm³/mol. The number of rotatable bonds is 8. The van der Waals surface area contributed by atoms with E-state index < -0.39 is 0 Å². The maximum atomic E-state index is 5.90. The van der Waals surface area contributed by atoms with Crippen molar-refractivity contribution in [2.45, 2.75) is 31.7 Å². The molecule has 0 saturated carbocycles. The van der Waals surface area contributed by atoms with Crippen molar-refractivity contribution in [2.75, 3.05) is 6.61 Å². The van der Waals surface area contributed by atoms with Crippen molar-refractivity contribution >= 4 is 33.9 Å². The highest BCUT2D eigenvalue weighted by molar-refractivity contribution is 9.10. The van der Waals surface area contributed by atoms with Crippen LogP contribution in [0.1, 0.15) is 30.8 Å². The molecule has 3 aromatic rings. The van der Waals surface area contributed by atoms with Gasteiger partial charge in [0.1, 0.15) is 5.75 Å². The van der Waals surface area contributed by atoms with Gasteiger partial charge in [-0.2, -0.15) is 9.78 Å². The summed E-state index contributed by atoms with van der Waals surface area (Å²) >= 11 is 5.07. The summed E-state index contributed by atoms with van der Waals surface area (Å²) in [6, 6.07) is 16.2. The standard InChI is InChI=1S/C21H23BrN4OS/c1-15(2)13-27-20-7-5-4-6-18(20)12-23-26-16(3)24-25-21(26)28-14-17-8-10-19(22)11-9-17/h4-12,15H,13-14H2,1-3H3/b23-12-. The van der Waals surface area contributed by atoms with E-state index in [0.29, 0.717) is 12.5 Å². The van der Waals surface area contributed by atoms with Crippen LogP contribution in [0.25, 0.3) is 0 Å². The van der Waals surface area contributed by atoms with E-state index in [1.165, 1.54) is 5.56 Å². The highest BCUT2D eigenvalue weighted by atomic mass is 79.9. The topological polar surface area (TPSA) is 52.3 Å². The van der Waals surface area contributed by atoms with Gasteiger partial charge in [-0.25, -0.2) is 0 Å². The Labute approximate surface area is 178 Å². The molecule has 0 bridgehead atoms. The summed E-state index contributed by atoms with van der Waals surface area (Å²) in [6.45, 7) is 6.83. The second-order valence-corrected chi connectivity index (χ2v) is 8.60. The van der Waals surface area contributed by atoms with Crippen molar-refractivity contribution in [3.8, 4) is 5.75 Å². The Morgan fingerprint density at radius 2 is 1.89 bits per heavy atom. The van der Waals surface area contributed by atoms with Crippen molar-refractivity contribution in [3.63, 3.8) is 0 Å². The number of aryl methyl sites for hydroxylation is 1. The van der Waals surface area contributed by atoms with E-state index in [1.807, 2.05) is 43.3 Å². The molecule has 0 amide bonds. The number of para-hydroxylation sites is 1. The zero-order chi connectivity index (χ0) is 19.9. The fourth-order valence-corrected chi connectivity index (χ4v) is 3.54. The molecule has 28 heavy (non-hydrogen) atoms. The van der Waals surface area contributed by atoms with Crippen LogP contribution < -0.4 is 4.74 Å². The zero-order valence-electron chi connectivity index (χ0n) is 16.2. The largest absolute Gasteiger partial charge is 0.493 e. The first kappa shape index (κ1) is 20.6. The summed E-state index contributed by atoms with van der Waals surface area (Å²) in [5.74, 6) is 2.84. The van der Waals surface area contributed by atoms with Crippen LogP contribution in [0.15, 0.2) is 63.3 Å². The second-order valence-electron chi connectivity index (χ2n) is 6.74. The monoisotopic (exact) mass is 458 g/mol. The van der Waals surface area contributed by atoms with Crippen LogP contribution in [0.4, 0.5) is 0 Å². The van der Waals surface area contributed by atoms with Crippen LogP contribution in [0, 0.1) is 12.8 Å². The number of benzene rings is 2. The highest BCUT2D eigenvalue weighted by Crippen LogP contribution is 2.23. The molecule has 146 valence electrons. The maximum absolute atomic E-state index is 5.90. The first-order valence-corrected chi connectivity index (χ1v) is 10.9. The normalized spacial score (nSPS) is 11.5. The van der Waals surface area contributed by atoms with Gasteiger partial charge in [-0.05, 0) is 42.7 Å². The summed E-state index contributed by atoms with van der Waals surface area (Å²) < 4.78 is 8.74. The first-order chi connectivity index (χ1) is 13.5. The Morgan fingerprint density at radius 3 is 2.64 bits per heavy atom. The fourth-order valence-electron chi connectivity index (χ4n) is 2.38. The molecule has 5 nitrogen and oxygen atoms in total. The maximum Gasteiger partial charge on any atom is 0.212 e. The average molecular weight is 459 g/mol. The second kappa shape index (κ2) is 9.89. The summed E-state index contributed by atoms with van der Waals surface area (Å²) in [5.41, 5.74) is 2.15. The lowest BCUT2D eigenvalue weighted by molar-refractivity contribution is 0.270. The lowest BCUT2D eigenvalue weighted by atomic mass is 10.2. The van der Waals surface area contributed by atoms with E-state index in [1.54, 1.807) is 22.7 Å². The number of halogens is 1. The van der Waals surface area contributed by atoms with Gasteiger partial charge in [0, 0.05) is 15.8 Å². The van der Waals surface area contributed by atoms with E-state index in [-0.39, 0.29) is 0 Å². The van der Waals surface area contributed by atoms with Crippen LogP contribution in [-0.2, 0) is 5.75 Å². The van der Waals surface area contributed by atoms with Crippen molar-refractivity contribution in [3.05, 3.63) is 70.0 Å². The Kier molecular flexibility index (Phi) is 7.28. The SMILES string of the molecule is Cc1nnc(SCc2ccc(Br)cc2)n1/N=C\c1ccccc1OCC(C)C. The number of nitrogens with zero attached hydrogens (tertiary/aromatic N) is 4. The summed E-state index contributed by atoms with van der Waals surface area (Å²) in [7, 11) is 0. The molecule has 0 aliphatic carbocycles. The third kappa shape index (κ3) is 5.69. The fraction of sp³-hybridized carbons (Fsp3) is 0.286. The molecule has 7 heteroatoms. The van der Waals surface area contributed by atoms with Gasteiger partial charge in [-0.3, -0.25) is 0 Å². The molecular formula is C21H23BrN4OS. The summed E-state index contributed by atoms with van der Waals surface area (Å²) in [5, 5.41) is 13.8. The van der Waals surface area contributed by atoms with Crippen LogP contribution in [0.3, 0.4) is 0 Å². The van der Waals surface area contributed by atoms with Crippen molar-refractivity contribution in [1.29, 1.82) is 0 Å². The highest BCUT2D eigenvalue weighted by Gasteiger charge is 2.09. The number of hydrogen-bond acceptors (Lipinski definition) is 5. The van der Waals surface area contributed by atoms with E-state index in [2.05, 4.69) is 57.2 Å². The van der Waals surface area contributed by atoms with Gasteiger partial charge < -0.3 is 4.74 Å². The predicted octanol–water partition coefficient (Wildman–Crippen LogP) is 5.56. The molecule has 0 atom stereocenters. The van der Waals surface area contributed by atoms with Gasteiger partial charge in [0.05, 0.1) is 12.8 Å². The number of ether oxygens (including phenoxy) is 1. The number of thioether (sulfide) groups is 1. The average Bonchev–Trinajstić information content (AvgIpc) is 3.04. The summed E-state index contributed by atoms with van der Waals surface area (Å²) in [6.07, 6.45) is 1.80. The minimum Gasteiger partial charge on any atom is -0.493 e. The molecule has 0 saturated heterocycles. The third-order valence-corrected chi connectivity index (χ3v) is 5.37. The molecule has 0 fully saturated rings. The van der Waals surface area contributed by atoms with Crippen molar-refractivity contribution in [1.82, 2.24) is 14.9 Å². The van der Waals surface area contributed by atoms with Crippen molar-refractivity contribution < 1.29 is 4.74 Å². The third-order valence-electron chi connectivity index (χ3n) is 3.85. The van der Waals surface area contributed by atoms with Gasteiger partial charge in [-0.1, -0.05) is 65.8 Å². The van der Waals surface area contributed by atoms with Gasteiger partial charge in [0.25, 0.3) is 0 Å². The Balaban J connectivity index is 1.74. The molecule has 3 rings (SSSR count). The van der Waals surface area contributed by atoms with Crippen molar-refractivity contribution in [2.24, 2.45) is 11.0 Å². The molecular weight excluding hydrogens is 436 g/mol. The van der Waals surface area contributed by atoms with Crippen LogP contribution in [-0.4, -0.2) is 27.7 Å². The molecule has 0 radical (unpaired) electrons. The molecule has 1 aromatic heterocycles. The van der Waals surface area contributed by atoms with Gasteiger partial charge in [0.2, 0.25) is 5.16 Å². The molecule has 1 heterocycles. The lowest BCUT2D eigenvalue weighted by Gasteiger charge is -2.10. The van der Waals surface area contributed by atoms with E-state index in [0.717, 1.165) is 32.5 Å². The minimum atomic E-state index is 0.465. The molecule has 2 aromatic carbocycles. The minimum absolute atomic E-state index is 0.465. The van der Waals surface area contributed by atoms with Crippen LogP contribution in [0.2, 0.25) is 0 Å². The summed E-state index contributed by atoms with van der Waals surface area (Å²) in [4.78, 5) is 0. The van der Waals surface area contributed by atoms with Crippen LogP contribution in [0.5, 0.6) is 5.75 Å². The van der Waals surface area contributed by atoms with Crippen LogP contribution >= 0.6 is 27.7 Å². The van der Waals surface area contributed by atoms with E-state index in [9.17, 15) is 0 Å². The lowest BCUT2D eigenvalue weighted by Crippen LogP contribution is -2.06. The number of hydrogen-bond donors (Lipinski definition) is 0. The molecule has 0 aliphatic rings. The Morgan fingerprint density at radius 1 is 1.14 bits per heavy atom. The molecule has 0 spiro atoms. The van der Waals surface area contributed by atoms with Gasteiger partial charge >= 0.3 is 0 Å². The van der Waals surface area contributed by atoms with E-state index >= 15 is 0 Å². The molecule has 0 aliphatic heterocycles. The first-order valence-electron chi connectivity index (χ1n) is 9.08. The smallest absolute Gasteiger partial charge is 0.212 e. The van der Waals surface area contributed by atoms with Gasteiger partial charge in [0.15, 0.2) is 5.82 Å².